The zero-order valence-electron chi connectivity index (χ0n) is 14.0. The van der Waals surface area contributed by atoms with E-state index in [1.165, 1.54) is 25.9 Å². The van der Waals surface area contributed by atoms with Gasteiger partial charge in [0.15, 0.2) is 5.96 Å². The van der Waals surface area contributed by atoms with Crippen molar-refractivity contribution in [2.75, 3.05) is 44.7 Å². The van der Waals surface area contributed by atoms with Crippen LogP contribution in [0.5, 0.6) is 0 Å². The largest absolute Gasteiger partial charge is 0.357 e. The van der Waals surface area contributed by atoms with Gasteiger partial charge in [0.05, 0.1) is 0 Å². The van der Waals surface area contributed by atoms with Crippen molar-refractivity contribution in [3.05, 3.63) is 0 Å². The summed E-state index contributed by atoms with van der Waals surface area (Å²) < 4.78 is 0. The minimum atomic E-state index is 0. The van der Waals surface area contributed by atoms with Crippen molar-refractivity contribution in [2.24, 2.45) is 10.9 Å². The summed E-state index contributed by atoms with van der Waals surface area (Å²) in [6.07, 6.45) is 4.76. The molecular weight excluding hydrogens is 395 g/mol. The molecule has 1 aliphatic rings. The standard InChI is InChI=1S/C15H32N4S.HI/c1-5-16-15(17-8-10-20-4)18-11-14-7-6-9-19(12-14)13(2)3;/h13-14H,5-12H2,1-4H3,(H2,16,17,18);1H. The first kappa shape index (κ1) is 21.3. The summed E-state index contributed by atoms with van der Waals surface area (Å²) in [5, 5.41) is 6.73. The van der Waals surface area contributed by atoms with Crippen molar-refractivity contribution in [1.29, 1.82) is 0 Å². The van der Waals surface area contributed by atoms with Crippen LogP contribution in [0.25, 0.3) is 0 Å². The molecule has 6 heteroatoms. The van der Waals surface area contributed by atoms with Crippen LogP contribution in [0, 0.1) is 5.92 Å². The summed E-state index contributed by atoms with van der Waals surface area (Å²) in [5.74, 6) is 2.81. The van der Waals surface area contributed by atoms with Crippen LogP contribution in [0.3, 0.4) is 0 Å². The molecule has 21 heavy (non-hydrogen) atoms. The van der Waals surface area contributed by atoms with E-state index in [2.05, 4.69) is 42.6 Å². The molecule has 1 unspecified atom stereocenters. The average molecular weight is 428 g/mol. The summed E-state index contributed by atoms with van der Waals surface area (Å²) in [5.41, 5.74) is 0. The molecule has 0 radical (unpaired) electrons. The first-order valence-corrected chi connectivity index (χ1v) is 9.31. The molecule has 1 atom stereocenters. The van der Waals surface area contributed by atoms with Crippen molar-refractivity contribution in [3.63, 3.8) is 0 Å². The number of aliphatic imine (C=N–C) groups is 1. The molecular formula is C15H33IN4S. The first-order valence-electron chi connectivity index (χ1n) is 7.92. The highest BCUT2D eigenvalue weighted by molar-refractivity contribution is 14.0. The van der Waals surface area contributed by atoms with Crippen molar-refractivity contribution in [1.82, 2.24) is 15.5 Å². The molecule has 0 aliphatic carbocycles. The Labute approximate surface area is 152 Å². The number of hydrogen-bond donors (Lipinski definition) is 2. The number of likely N-dealkylation sites (tertiary alicyclic amines) is 1. The zero-order chi connectivity index (χ0) is 14.8. The predicted octanol–water partition coefficient (Wildman–Crippen LogP) is 2.64. The maximum Gasteiger partial charge on any atom is 0.191 e. The Morgan fingerprint density at radius 1 is 1.38 bits per heavy atom. The Bertz CT molecular complexity index is 287. The predicted molar refractivity (Wildman–Crippen MR) is 107 cm³/mol. The fraction of sp³-hybridized carbons (Fsp3) is 0.933. The van der Waals surface area contributed by atoms with Gasteiger partial charge in [-0.15, -0.1) is 24.0 Å². The van der Waals surface area contributed by atoms with Gasteiger partial charge in [-0.1, -0.05) is 0 Å². The lowest BCUT2D eigenvalue weighted by Gasteiger charge is -2.34. The van der Waals surface area contributed by atoms with Crippen LogP contribution in [0.15, 0.2) is 4.99 Å². The smallest absolute Gasteiger partial charge is 0.191 e. The van der Waals surface area contributed by atoms with E-state index in [9.17, 15) is 0 Å². The zero-order valence-corrected chi connectivity index (χ0v) is 17.2. The minimum Gasteiger partial charge on any atom is -0.357 e. The summed E-state index contributed by atoms with van der Waals surface area (Å²) >= 11 is 1.86. The van der Waals surface area contributed by atoms with Crippen LogP contribution in [-0.2, 0) is 0 Å². The van der Waals surface area contributed by atoms with Gasteiger partial charge < -0.3 is 15.5 Å². The van der Waals surface area contributed by atoms with E-state index in [4.69, 9.17) is 4.99 Å². The SMILES string of the molecule is CCNC(=NCC1CCCN(C(C)C)C1)NCCSC.I. The molecule has 0 aromatic rings. The van der Waals surface area contributed by atoms with Gasteiger partial charge in [-0.05, 0) is 52.3 Å². The maximum absolute atomic E-state index is 4.76. The molecule has 2 N–H and O–H groups in total. The highest BCUT2D eigenvalue weighted by Crippen LogP contribution is 2.18. The van der Waals surface area contributed by atoms with Gasteiger partial charge in [-0.25, -0.2) is 0 Å². The quantitative estimate of drug-likeness (QED) is 0.283. The fourth-order valence-electron chi connectivity index (χ4n) is 2.55. The van der Waals surface area contributed by atoms with Crippen molar-refractivity contribution >= 4 is 41.7 Å². The van der Waals surface area contributed by atoms with Crippen molar-refractivity contribution < 1.29 is 0 Å². The summed E-state index contributed by atoms with van der Waals surface area (Å²) in [6.45, 7) is 12.0. The topological polar surface area (TPSA) is 39.7 Å². The van der Waals surface area contributed by atoms with E-state index >= 15 is 0 Å². The van der Waals surface area contributed by atoms with Crippen molar-refractivity contribution in [2.45, 2.75) is 39.7 Å². The van der Waals surface area contributed by atoms with E-state index < -0.39 is 0 Å². The summed E-state index contributed by atoms with van der Waals surface area (Å²) in [7, 11) is 0. The molecule has 126 valence electrons. The Kier molecular flexibility index (Phi) is 13.0. The number of thioether (sulfide) groups is 1. The molecule has 1 fully saturated rings. The van der Waals surface area contributed by atoms with Crippen LogP contribution >= 0.6 is 35.7 Å². The fourth-order valence-corrected chi connectivity index (χ4v) is 2.86. The van der Waals surface area contributed by atoms with Crippen LogP contribution in [0.1, 0.15) is 33.6 Å². The van der Waals surface area contributed by atoms with Gasteiger partial charge in [0.1, 0.15) is 0 Å². The Balaban J connectivity index is 0.00000400. The minimum absolute atomic E-state index is 0. The van der Waals surface area contributed by atoms with Crippen molar-refractivity contribution in [3.8, 4) is 0 Å². The van der Waals surface area contributed by atoms with Crippen LogP contribution in [0.4, 0.5) is 0 Å². The lowest BCUT2D eigenvalue weighted by atomic mass is 9.97. The third-order valence-electron chi connectivity index (χ3n) is 3.73. The first-order chi connectivity index (χ1) is 9.67. The second-order valence-corrected chi connectivity index (χ2v) is 6.72. The molecule has 0 amide bonds. The Hall–Kier alpha value is 0.310. The van der Waals surface area contributed by atoms with E-state index in [1.54, 1.807) is 0 Å². The average Bonchev–Trinajstić information content (AvgIpc) is 2.45. The highest BCUT2D eigenvalue weighted by atomic mass is 127. The number of rotatable bonds is 7. The maximum atomic E-state index is 4.76. The molecule has 1 aliphatic heterocycles. The number of guanidine groups is 1. The van der Waals surface area contributed by atoms with E-state index in [0.717, 1.165) is 31.3 Å². The normalized spacial score (nSPS) is 20.2. The molecule has 0 saturated carbocycles. The third kappa shape index (κ3) is 9.13. The van der Waals surface area contributed by atoms with E-state index in [1.807, 2.05) is 11.8 Å². The third-order valence-corrected chi connectivity index (χ3v) is 4.34. The number of halogens is 1. The molecule has 1 saturated heterocycles. The summed E-state index contributed by atoms with van der Waals surface area (Å²) in [4.78, 5) is 7.34. The number of nitrogens with zero attached hydrogens (tertiary/aromatic N) is 2. The van der Waals surface area contributed by atoms with Gasteiger partial charge in [-0.3, -0.25) is 4.99 Å². The lowest BCUT2D eigenvalue weighted by Crippen LogP contribution is -2.42. The molecule has 1 rings (SSSR count). The molecule has 0 aromatic heterocycles. The van der Waals surface area contributed by atoms with Gasteiger partial charge in [0.2, 0.25) is 0 Å². The van der Waals surface area contributed by atoms with E-state index in [0.29, 0.717) is 12.0 Å². The molecule has 0 spiro atoms. The molecule has 0 bridgehead atoms. The Morgan fingerprint density at radius 2 is 2.14 bits per heavy atom. The molecule has 4 nitrogen and oxygen atoms in total. The lowest BCUT2D eigenvalue weighted by molar-refractivity contribution is 0.143. The number of nitrogens with one attached hydrogen (secondary N) is 2. The monoisotopic (exact) mass is 428 g/mol. The van der Waals surface area contributed by atoms with Crippen LogP contribution < -0.4 is 10.6 Å². The second kappa shape index (κ2) is 12.8. The van der Waals surface area contributed by atoms with Gasteiger partial charge in [0, 0.05) is 38.0 Å². The summed E-state index contributed by atoms with van der Waals surface area (Å²) in [6, 6.07) is 0.662. The highest BCUT2D eigenvalue weighted by Gasteiger charge is 2.21. The second-order valence-electron chi connectivity index (χ2n) is 5.74. The number of piperidine rings is 1. The molecule has 1 heterocycles. The Morgan fingerprint density at radius 3 is 2.76 bits per heavy atom. The van der Waals surface area contributed by atoms with Gasteiger partial charge in [0.25, 0.3) is 0 Å². The molecule has 0 aromatic carbocycles. The van der Waals surface area contributed by atoms with Gasteiger partial charge in [-0.2, -0.15) is 11.8 Å². The van der Waals surface area contributed by atoms with Gasteiger partial charge >= 0.3 is 0 Å². The van der Waals surface area contributed by atoms with Crippen LogP contribution in [0.2, 0.25) is 0 Å². The van der Waals surface area contributed by atoms with E-state index in [-0.39, 0.29) is 24.0 Å². The number of hydrogen-bond acceptors (Lipinski definition) is 3. The van der Waals surface area contributed by atoms with Crippen LogP contribution in [-0.4, -0.2) is 61.6 Å².